The number of hydrogen-bond acceptors (Lipinski definition) is 5. The van der Waals surface area contributed by atoms with Crippen molar-refractivity contribution in [2.45, 2.75) is 52.9 Å². The maximum absolute atomic E-state index is 12.3. The van der Waals surface area contributed by atoms with E-state index < -0.39 is 0 Å². The molecule has 1 atom stereocenters. The first kappa shape index (κ1) is 16.4. The number of hydroxylamine groups is 1. The Kier molecular flexibility index (Phi) is 4.99. The third kappa shape index (κ3) is 3.73. The van der Waals surface area contributed by atoms with E-state index in [0.717, 1.165) is 41.7 Å². The van der Waals surface area contributed by atoms with Gasteiger partial charge in [0.05, 0.1) is 10.6 Å². The van der Waals surface area contributed by atoms with Gasteiger partial charge in [0.1, 0.15) is 4.83 Å². The molecule has 6 nitrogen and oxygen atoms in total. The molecule has 126 valence electrons. The number of amides is 1. The second kappa shape index (κ2) is 6.98. The molecule has 1 aliphatic heterocycles. The molecule has 1 saturated heterocycles. The van der Waals surface area contributed by atoms with Gasteiger partial charge in [-0.3, -0.25) is 9.48 Å². The lowest BCUT2D eigenvalue weighted by molar-refractivity contribution is -0.186. The number of carbonyl (C=O) groups is 1. The smallest absolute Gasteiger partial charge is 0.285 e. The van der Waals surface area contributed by atoms with E-state index >= 15 is 0 Å². The van der Waals surface area contributed by atoms with E-state index in [1.54, 1.807) is 0 Å². The molecule has 23 heavy (non-hydrogen) atoms. The zero-order valence-corrected chi connectivity index (χ0v) is 14.6. The number of ether oxygens (including phenoxy) is 1. The summed E-state index contributed by atoms with van der Waals surface area (Å²) in [6.07, 6.45) is 2.60. The van der Waals surface area contributed by atoms with Crippen LogP contribution in [-0.2, 0) is 16.1 Å². The Labute approximate surface area is 139 Å². The van der Waals surface area contributed by atoms with Crippen molar-refractivity contribution in [3.63, 3.8) is 0 Å². The minimum absolute atomic E-state index is 0.226. The van der Waals surface area contributed by atoms with Crippen LogP contribution in [0.25, 0.3) is 10.2 Å². The highest BCUT2D eigenvalue weighted by atomic mass is 32.1. The summed E-state index contributed by atoms with van der Waals surface area (Å²) in [4.78, 5) is 19.3. The van der Waals surface area contributed by atoms with Crippen LogP contribution in [0.5, 0.6) is 0 Å². The van der Waals surface area contributed by atoms with E-state index in [1.807, 2.05) is 17.7 Å². The fourth-order valence-corrected chi connectivity index (χ4v) is 3.72. The van der Waals surface area contributed by atoms with Gasteiger partial charge in [-0.25, -0.2) is 10.3 Å². The second-order valence-electron chi connectivity index (χ2n) is 6.34. The molecule has 3 heterocycles. The van der Waals surface area contributed by atoms with Crippen molar-refractivity contribution in [2.24, 2.45) is 5.92 Å². The van der Waals surface area contributed by atoms with Crippen LogP contribution in [0.1, 0.15) is 48.5 Å². The zero-order chi connectivity index (χ0) is 16.4. The van der Waals surface area contributed by atoms with Gasteiger partial charge in [0.2, 0.25) is 0 Å². The van der Waals surface area contributed by atoms with Crippen LogP contribution < -0.4 is 5.48 Å². The monoisotopic (exact) mass is 337 g/mol. The molecule has 3 rings (SSSR count). The molecule has 0 saturated carbocycles. The third-order valence-corrected chi connectivity index (χ3v) is 4.94. The van der Waals surface area contributed by atoms with Crippen LogP contribution in [0.2, 0.25) is 0 Å². The quantitative estimate of drug-likeness (QED) is 0.851. The van der Waals surface area contributed by atoms with Crippen molar-refractivity contribution in [3.8, 4) is 0 Å². The Bertz CT molecular complexity index is 686. The number of hydrogen-bond donors (Lipinski definition) is 1. The number of aryl methyl sites for hydroxylation is 1. The molecule has 1 fully saturated rings. The van der Waals surface area contributed by atoms with Crippen molar-refractivity contribution in [3.05, 3.63) is 16.6 Å². The first-order chi connectivity index (χ1) is 11.0. The van der Waals surface area contributed by atoms with Gasteiger partial charge in [-0.05, 0) is 31.7 Å². The minimum Gasteiger partial charge on any atom is -0.350 e. The summed E-state index contributed by atoms with van der Waals surface area (Å²) in [6.45, 7) is 7.82. The molecule has 1 N–H and O–H groups in total. The molecule has 1 aliphatic rings. The molecule has 0 spiro atoms. The van der Waals surface area contributed by atoms with Gasteiger partial charge in [0.15, 0.2) is 6.29 Å². The predicted octanol–water partition coefficient (Wildman–Crippen LogP) is 3.25. The molecule has 0 bridgehead atoms. The predicted molar refractivity (Wildman–Crippen MR) is 89.3 cm³/mol. The van der Waals surface area contributed by atoms with Crippen molar-refractivity contribution in [2.75, 3.05) is 6.61 Å². The van der Waals surface area contributed by atoms with E-state index in [0.29, 0.717) is 17.4 Å². The van der Waals surface area contributed by atoms with E-state index in [2.05, 4.69) is 24.4 Å². The van der Waals surface area contributed by atoms with Gasteiger partial charge in [-0.15, -0.1) is 11.3 Å². The van der Waals surface area contributed by atoms with E-state index in [1.165, 1.54) is 11.3 Å². The average Bonchev–Trinajstić information content (AvgIpc) is 3.08. The van der Waals surface area contributed by atoms with Gasteiger partial charge in [-0.2, -0.15) is 5.10 Å². The molecule has 0 unspecified atom stereocenters. The maximum atomic E-state index is 12.3. The first-order valence-electron chi connectivity index (χ1n) is 8.09. The second-order valence-corrected chi connectivity index (χ2v) is 7.37. The summed E-state index contributed by atoms with van der Waals surface area (Å²) < 4.78 is 7.43. The summed E-state index contributed by atoms with van der Waals surface area (Å²) in [7, 11) is 0. The zero-order valence-electron chi connectivity index (χ0n) is 13.8. The van der Waals surface area contributed by atoms with Crippen molar-refractivity contribution >= 4 is 27.5 Å². The Hall–Kier alpha value is -1.44. The summed E-state index contributed by atoms with van der Waals surface area (Å²) in [5, 5.41) is 5.59. The summed E-state index contributed by atoms with van der Waals surface area (Å²) >= 11 is 1.45. The molecule has 1 amide bonds. The number of thiophene rings is 1. The minimum atomic E-state index is -0.333. The summed E-state index contributed by atoms with van der Waals surface area (Å²) in [5.74, 6) is 0.277. The van der Waals surface area contributed by atoms with Crippen molar-refractivity contribution in [1.29, 1.82) is 0 Å². The fourth-order valence-electron chi connectivity index (χ4n) is 2.67. The van der Waals surface area contributed by atoms with Gasteiger partial charge in [-0.1, -0.05) is 13.8 Å². The highest BCUT2D eigenvalue weighted by Gasteiger charge is 2.19. The molecule has 2 aromatic rings. The fraction of sp³-hybridized carbons (Fsp3) is 0.625. The van der Waals surface area contributed by atoms with Gasteiger partial charge < -0.3 is 4.74 Å². The van der Waals surface area contributed by atoms with E-state index in [9.17, 15) is 4.79 Å². The lowest BCUT2D eigenvalue weighted by atomic mass is 10.2. The van der Waals surface area contributed by atoms with Crippen LogP contribution in [-0.4, -0.2) is 28.6 Å². The third-order valence-electron chi connectivity index (χ3n) is 3.79. The van der Waals surface area contributed by atoms with Crippen molar-refractivity contribution < 1.29 is 14.4 Å². The Morgan fingerprint density at radius 1 is 1.57 bits per heavy atom. The Balaban J connectivity index is 1.70. The number of rotatable bonds is 5. The van der Waals surface area contributed by atoms with E-state index in [-0.39, 0.29) is 12.2 Å². The topological polar surface area (TPSA) is 65.4 Å². The highest BCUT2D eigenvalue weighted by Crippen LogP contribution is 2.29. The summed E-state index contributed by atoms with van der Waals surface area (Å²) in [5.41, 5.74) is 3.47. The SMILES string of the molecule is Cc1nn(CC(C)C)c2sc(C(=O)NO[C@H]3CCCCO3)cc12. The van der Waals surface area contributed by atoms with Crippen LogP contribution in [0, 0.1) is 12.8 Å². The summed E-state index contributed by atoms with van der Waals surface area (Å²) in [6, 6.07) is 1.89. The number of nitrogens with zero attached hydrogens (tertiary/aromatic N) is 2. The number of nitrogens with one attached hydrogen (secondary N) is 1. The largest absolute Gasteiger partial charge is 0.350 e. The highest BCUT2D eigenvalue weighted by molar-refractivity contribution is 7.20. The normalized spacial score (nSPS) is 18.7. The van der Waals surface area contributed by atoms with Crippen LogP contribution in [0.15, 0.2) is 6.07 Å². The maximum Gasteiger partial charge on any atom is 0.285 e. The molecule has 7 heteroatoms. The number of carbonyl (C=O) groups excluding carboxylic acids is 1. The lowest BCUT2D eigenvalue weighted by Crippen LogP contribution is -2.32. The van der Waals surface area contributed by atoms with Crippen LogP contribution >= 0.6 is 11.3 Å². The molecule has 0 aromatic carbocycles. The number of fused-ring (bicyclic) bond motifs is 1. The number of aromatic nitrogens is 2. The van der Waals surface area contributed by atoms with Gasteiger partial charge >= 0.3 is 0 Å². The van der Waals surface area contributed by atoms with Crippen LogP contribution in [0.3, 0.4) is 0 Å². The van der Waals surface area contributed by atoms with Gasteiger partial charge in [0, 0.05) is 25.0 Å². The van der Waals surface area contributed by atoms with E-state index in [4.69, 9.17) is 9.57 Å². The first-order valence-corrected chi connectivity index (χ1v) is 8.91. The standard InChI is InChI=1S/C16H23N3O3S/c1-10(2)9-19-16-12(11(3)17-19)8-13(23-16)15(20)18-22-14-6-4-5-7-21-14/h8,10,14H,4-7,9H2,1-3H3,(H,18,20)/t14-/m0/s1. The molecular weight excluding hydrogens is 314 g/mol. The van der Waals surface area contributed by atoms with Crippen LogP contribution in [0.4, 0.5) is 0 Å². The van der Waals surface area contributed by atoms with Gasteiger partial charge in [0.25, 0.3) is 5.91 Å². The Morgan fingerprint density at radius 2 is 2.39 bits per heavy atom. The molecule has 0 radical (unpaired) electrons. The molecule has 0 aliphatic carbocycles. The lowest BCUT2D eigenvalue weighted by Gasteiger charge is -2.21. The Morgan fingerprint density at radius 3 is 3.09 bits per heavy atom. The molecular formula is C16H23N3O3S. The molecule has 2 aromatic heterocycles. The van der Waals surface area contributed by atoms with Crippen molar-refractivity contribution in [1.82, 2.24) is 15.3 Å². The average molecular weight is 337 g/mol.